The van der Waals surface area contributed by atoms with Gasteiger partial charge in [-0.25, -0.2) is 9.07 Å². The van der Waals surface area contributed by atoms with Gasteiger partial charge in [-0.1, -0.05) is 36.4 Å². The van der Waals surface area contributed by atoms with Crippen LogP contribution in [-0.4, -0.2) is 53.4 Å². The summed E-state index contributed by atoms with van der Waals surface area (Å²) >= 11 is 0. The molecule has 190 valence electrons. The second kappa shape index (κ2) is 10.5. The number of piperazine rings is 1. The third-order valence-electron chi connectivity index (χ3n) is 6.74. The van der Waals surface area contributed by atoms with E-state index in [2.05, 4.69) is 11.0 Å². The lowest BCUT2D eigenvalue weighted by atomic mass is 10.1. The van der Waals surface area contributed by atoms with Crippen LogP contribution < -0.4 is 9.64 Å². The summed E-state index contributed by atoms with van der Waals surface area (Å²) in [5.74, 6) is 0.370. The predicted octanol–water partition coefficient (Wildman–Crippen LogP) is 5.66. The van der Waals surface area contributed by atoms with E-state index in [0.29, 0.717) is 49.7 Å². The average Bonchev–Trinajstić information content (AvgIpc) is 3.35. The second-order valence-electron chi connectivity index (χ2n) is 9.28. The Hall–Kier alpha value is -4.13. The first-order chi connectivity index (χ1) is 18.0. The topological polar surface area (TPSA) is 50.6 Å². The van der Waals surface area contributed by atoms with Crippen molar-refractivity contribution >= 4 is 11.6 Å². The standard InChI is InChI=1S/C30H31FN4O2/c1-4-37-29-12-8-7-11-26(29)33-15-17-34(18-16-33)30(36)28-20-25(23-9-5-6-10-24(23)31)32-35(28)27-19-21(2)13-14-22(27)3/h5-14,19-20H,4,15-18H2,1-3H3. The summed E-state index contributed by atoms with van der Waals surface area (Å²) < 4.78 is 22.1. The summed E-state index contributed by atoms with van der Waals surface area (Å²) in [5.41, 5.74) is 5.14. The summed E-state index contributed by atoms with van der Waals surface area (Å²) in [5, 5.41) is 4.73. The van der Waals surface area contributed by atoms with Gasteiger partial charge in [0.1, 0.15) is 17.3 Å². The molecule has 37 heavy (non-hydrogen) atoms. The Bertz CT molecular complexity index is 1420. The van der Waals surface area contributed by atoms with Crippen LogP contribution in [0.3, 0.4) is 0 Å². The molecule has 1 aromatic heterocycles. The van der Waals surface area contributed by atoms with Crippen LogP contribution in [0.15, 0.2) is 72.8 Å². The van der Waals surface area contributed by atoms with E-state index in [1.807, 2.05) is 62.1 Å². The van der Waals surface area contributed by atoms with Crippen molar-refractivity contribution in [3.05, 3.63) is 95.4 Å². The molecule has 1 saturated heterocycles. The fourth-order valence-electron chi connectivity index (χ4n) is 4.77. The van der Waals surface area contributed by atoms with Crippen molar-refractivity contribution in [1.29, 1.82) is 0 Å². The predicted molar refractivity (Wildman–Crippen MR) is 144 cm³/mol. The van der Waals surface area contributed by atoms with Gasteiger partial charge in [-0.15, -0.1) is 0 Å². The Kier molecular flexibility index (Phi) is 6.95. The zero-order chi connectivity index (χ0) is 25.9. The van der Waals surface area contributed by atoms with Crippen molar-refractivity contribution < 1.29 is 13.9 Å². The van der Waals surface area contributed by atoms with Gasteiger partial charge in [0.2, 0.25) is 0 Å². The highest BCUT2D eigenvalue weighted by Gasteiger charge is 2.28. The van der Waals surface area contributed by atoms with Crippen molar-refractivity contribution in [2.75, 3.05) is 37.7 Å². The first-order valence-electron chi connectivity index (χ1n) is 12.6. The third kappa shape index (κ3) is 4.94. The molecule has 0 aliphatic carbocycles. The highest BCUT2D eigenvalue weighted by molar-refractivity contribution is 5.94. The monoisotopic (exact) mass is 498 g/mol. The number of carbonyl (C=O) groups excluding carboxylic acids is 1. The SMILES string of the molecule is CCOc1ccccc1N1CCN(C(=O)c2cc(-c3ccccc3F)nn2-c2cc(C)ccc2C)CC1. The van der Waals surface area contributed by atoms with E-state index in [1.54, 1.807) is 28.9 Å². The lowest BCUT2D eigenvalue weighted by Gasteiger charge is -2.36. The number of nitrogens with zero attached hydrogens (tertiary/aromatic N) is 4. The molecular formula is C30H31FN4O2. The van der Waals surface area contributed by atoms with Gasteiger partial charge in [0.15, 0.2) is 0 Å². The number of halogens is 1. The van der Waals surface area contributed by atoms with Crippen LogP contribution in [-0.2, 0) is 0 Å². The molecule has 0 saturated carbocycles. The molecular weight excluding hydrogens is 467 g/mol. The van der Waals surface area contributed by atoms with Crippen LogP contribution in [0.5, 0.6) is 5.75 Å². The number of rotatable bonds is 6. The van der Waals surface area contributed by atoms with E-state index in [9.17, 15) is 9.18 Å². The number of carbonyl (C=O) groups is 1. The molecule has 5 rings (SSSR count). The minimum atomic E-state index is -0.367. The summed E-state index contributed by atoms with van der Waals surface area (Å²) in [6.45, 7) is 9.07. The minimum Gasteiger partial charge on any atom is -0.492 e. The number of aromatic nitrogens is 2. The van der Waals surface area contributed by atoms with Crippen LogP contribution in [0.25, 0.3) is 16.9 Å². The molecule has 1 fully saturated rings. The quantitative estimate of drug-likeness (QED) is 0.344. The van der Waals surface area contributed by atoms with Gasteiger partial charge in [0.25, 0.3) is 5.91 Å². The van der Waals surface area contributed by atoms with Crippen LogP contribution in [0.2, 0.25) is 0 Å². The number of hydrogen-bond donors (Lipinski definition) is 0. The van der Waals surface area contributed by atoms with E-state index in [4.69, 9.17) is 9.84 Å². The van der Waals surface area contributed by atoms with E-state index < -0.39 is 0 Å². The Morgan fingerprint density at radius 3 is 2.41 bits per heavy atom. The van der Waals surface area contributed by atoms with Gasteiger partial charge in [-0.2, -0.15) is 5.10 Å². The molecule has 1 aliphatic rings. The Labute approximate surface area is 216 Å². The average molecular weight is 499 g/mol. The van der Waals surface area contributed by atoms with Crippen molar-refractivity contribution in [3.8, 4) is 22.7 Å². The van der Waals surface area contributed by atoms with E-state index >= 15 is 0 Å². The first-order valence-corrected chi connectivity index (χ1v) is 12.6. The molecule has 0 radical (unpaired) electrons. The lowest BCUT2D eigenvalue weighted by Crippen LogP contribution is -2.49. The molecule has 1 aliphatic heterocycles. The Morgan fingerprint density at radius 1 is 0.919 bits per heavy atom. The molecule has 3 aromatic carbocycles. The number of anilines is 1. The maximum Gasteiger partial charge on any atom is 0.272 e. The lowest BCUT2D eigenvalue weighted by molar-refractivity contribution is 0.0737. The van der Waals surface area contributed by atoms with E-state index in [-0.39, 0.29) is 11.7 Å². The summed E-state index contributed by atoms with van der Waals surface area (Å²) in [7, 11) is 0. The fraction of sp³-hybridized carbons (Fsp3) is 0.267. The molecule has 0 atom stereocenters. The maximum absolute atomic E-state index is 14.6. The van der Waals surface area contributed by atoms with Gasteiger partial charge in [0, 0.05) is 31.7 Å². The number of benzene rings is 3. The van der Waals surface area contributed by atoms with Crippen LogP contribution in [0.4, 0.5) is 10.1 Å². The van der Waals surface area contributed by atoms with Crippen LogP contribution in [0, 0.1) is 19.7 Å². The van der Waals surface area contributed by atoms with Crippen LogP contribution in [0.1, 0.15) is 28.5 Å². The van der Waals surface area contributed by atoms with Crippen molar-refractivity contribution in [1.82, 2.24) is 14.7 Å². The highest BCUT2D eigenvalue weighted by Crippen LogP contribution is 2.30. The molecule has 0 bridgehead atoms. The zero-order valence-electron chi connectivity index (χ0n) is 21.4. The normalized spacial score (nSPS) is 13.6. The molecule has 6 nitrogen and oxygen atoms in total. The van der Waals surface area contributed by atoms with Gasteiger partial charge >= 0.3 is 0 Å². The smallest absolute Gasteiger partial charge is 0.272 e. The van der Waals surface area contributed by atoms with E-state index in [0.717, 1.165) is 28.3 Å². The molecule has 0 unspecified atom stereocenters. The van der Waals surface area contributed by atoms with Crippen molar-refractivity contribution in [2.24, 2.45) is 0 Å². The Morgan fingerprint density at radius 2 is 1.65 bits per heavy atom. The largest absolute Gasteiger partial charge is 0.492 e. The minimum absolute atomic E-state index is 0.117. The van der Waals surface area contributed by atoms with Gasteiger partial charge < -0.3 is 14.5 Å². The number of aryl methyl sites for hydroxylation is 2. The summed E-state index contributed by atoms with van der Waals surface area (Å²) in [6.07, 6.45) is 0. The number of amides is 1. The van der Waals surface area contributed by atoms with Crippen LogP contribution >= 0.6 is 0 Å². The zero-order valence-corrected chi connectivity index (χ0v) is 21.4. The molecule has 0 N–H and O–H groups in total. The highest BCUT2D eigenvalue weighted by atomic mass is 19.1. The third-order valence-corrected chi connectivity index (χ3v) is 6.74. The first kappa shape index (κ1) is 24.6. The van der Waals surface area contributed by atoms with Crippen molar-refractivity contribution in [2.45, 2.75) is 20.8 Å². The van der Waals surface area contributed by atoms with Crippen molar-refractivity contribution in [3.63, 3.8) is 0 Å². The number of hydrogen-bond acceptors (Lipinski definition) is 4. The maximum atomic E-state index is 14.6. The second-order valence-corrected chi connectivity index (χ2v) is 9.28. The number of para-hydroxylation sites is 2. The Balaban J connectivity index is 1.46. The van der Waals surface area contributed by atoms with Gasteiger partial charge in [0.05, 0.1) is 23.7 Å². The molecule has 7 heteroatoms. The molecule has 2 heterocycles. The molecule has 4 aromatic rings. The van der Waals surface area contributed by atoms with Gasteiger partial charge in [-0.3, -0.25) is 4.79 Å². The van der Waals surface area contributed by atoms with E-state index in [1.165, 1.54) is 6.07 Å². The molecule has 1 amide bonds. The summed E-state index contributed by atoms with van der Waals surface area (Å²) in [6, 6.07) is 22.3. The fourth-order valence-corrected chi connectivity index (χ4v) is 4.77. The van der Waals surface area contributed by atoms with Gasteiger partial charge in [-0.05, 0) is 68.3 Å². The molecule has 0 spiro atoms. The number of ether oxygens (including phenoxy) is 1. The summed E-state index contributed by atoms with van der Waals surface area (Å²) in [4.78, 5) is 18.0.